The minimum atomic E-state index is -0.389. The van der Waals surface area contributed by atoms with Crippen LogP contribution in [0.4, 0.5) is 0 Å². The SMILES string of the molecule is OCC1(CO)CCC(O)C1. The molecule has 0 amide bonds. The molecule has 1 unspecified atom stereocenters. The molecule has 0 saturated heterocycles. The van der Waals surface area contributed by atoms with Crippen molar-refractivity contribution >= 4 is 0 Å². The van der Waals surface area contributed by atoms with E-state index in [1.54, 1.807) is 0 Å². The van der Waals surface area contributed by atoms with Gasteiger partial charge < -0.3 is 15.3 Å². The topological polar surface area (TPSA) is 60.7 Å². The Morgan fingerprint density at radius 3 is 2.10 bits per heavy atom. The Hall–Kier alpha value is -0.120. The molecule has 1 rings (SSSR count). The van der Waals surface area contributed by atoms with Crippen LogP contribution in [0.1, 0.15) is 19.3 Å². The Labute approximate surface area is 60.3 Å². The van der Waals surface area contributed by atoms with Crippen LogP contribution in [0.5, 0.6) is 0 Å². The molecule has 60 valence electrons. The van der Waals surface area contributed by atoms with Crippen LogP contribution >= 0.6 is 0 Å². The van der Waals surface area contributed by atoms with Crippen molar-refractivity contribution in [2.45, 2.75) is 25.4 Å². The first kappa shape index (κ1) is 7.98. The molecule has 0 aliphatic heterocycles. The second-order valence-corrected chi connectivity index (χ2v) is 3.21. The number of aliphatic hydroxyl groups excluding tert-OH is 3. The molecule has 0 spiro atoms. The van der Waals surface area contributed by atoms with Crippen molar-refractivity contribution in [3.63, 3.8) is 0 Å². The molecular weight excluding hydrogens is 132 g/mol. The Balaban J connectivity index is 2.51. The molecule has 0 radical (unpaired) electrons. The van der Waals surface area contributed by atoms with E-state index in [0.717, 1.165) is 6.42 Å². The van der Waals surface area contributed by atoms with E-state index in [0.29, 0.717) is 12.8 Å². The first-order valence-corrected chi connectivity index (χ1v) is 3.62. The highest BCUT2D eigenvalue weighted by molar-refractivity contribution is 4.87. The molecule has 1 atom stereocenters. The molecule has 10 heavy (non-hydrogen) atoms. The Morgan fingerprint density at radius 1 is 1.30 bits per heavy atom. The zero-order valence-electron chi connectivity index (χ0n) is 5.95. The van der Waals surface area contributed by atoms with E-state index in [1.807, 2.05) is 0 Å². The summed E-state index contributed by atoms with van der Waals surface area (Å²) in [4.78, 5) is 0. The van der Waals surface area contributed by atoms with E-state index < -0.39 is 0 Å². The summed E-state index contributed by atoms with van der Waals surface area (Å²) in [6, 6.07) is 0. The smallest absolute Gasteiger partial charge is 0.0547 e. The van der Waals surface area contributed by atoms with Gasteiger partial charge in [0, 0.05) is 5.41 Å². The average Bonchev–Trinajstić information content (AvgIpc) is 2.33. The lowest BCUT2D eigenvalue weighted by atomic mass is 9.88. The largest absolute Gasteiger partial charge is 0.396 e. The van der Waals surface area contributed by atoms with Crippen molar-refractivity contribution in [3.8, 4) is 0 Å². The molecule has 1 aliphatic carbocycles. The van der Waals surface area contributed by atoms with Crippen molar-refractivity contribution < 1.29 is 15.3 Å². The average molecular weight is 146 g/mol. The van der Waals surface area contributed by atoms with Crippen molar-refractivity contribution in [1.82, 2.24) is 0 Å². The summed E-state index contributed by atoms with van der Waals surface area (Å²) >= 11 is 0. The lowest BCUT2D eigenvalue weighted by Crippen LogP contribution is -2.27. The highest BCUT2D eigenvalue weighted by atomic mass is 16.3. The molecule has 0 aromatic heterocycles. The molecule has 3 nitrogen and oxygen atoms in total. The normalized spacial score (nSPS) is 30.9. The third-order valence-electron chi connectivity index (χ3n) is 2.35. The van der Waals surface area contributed by atoms with Gasteiger partial charge in [0.2, 0.25) is 0 Å². The Bertz CT molecular complexity index is 109. The van der Waals surface area contributed by atoms with Crippen molar-refractivity contribution in [2.75, 3.05) is 13.2 Å². The van der Waals surface area contributed by atoms with Gasteiger partial charge in [0.15, 0.2) is 0 Å². The second-order valence-electron chi connectivity index (χ2n) is 3.21. The van der Waals surface area contributed by atoms with Gasteiger partial charge in [-0.3, -0.25) is 0 Å². The zero-order valence-corrected chi connectivity index (χ0v) is 5.95. The van der Waals surface area contributed by atoms with E-state index in [9.17, 15) is 0 Å². The summed E-state index contributed by atoms with van der Waals surface area (Å²) in [5, 5.41) is 26.8. The fourth-order valence-corrected chi connectivity index (χ4v) is 1.51. The highest BCUT2D eigenvalue weighted by Gasteiger charge is 2.37. The maximum Gasteiger partial charge on any atom is 0.0547 e. The predicted octanol–water partition coefficient (Wildman–Crippen LogP) is -0.498. The highest BCUT2D eigenvalue weighted by Crippen LogP contribution is 2.36. The molecule has 0 bridgehead atoms. The van der Waals surface area contributed by atoms with Crippen LogP contribution in [0, 0.1) is 5.41 Å². The molecule has 0 aromatic rings. The first-order valence-electron chi connectivity index (χ1n) is 3.62. The summed E-state index contributed by atoms with van der Waals surface area (Å²) in [6.45, 7) is -0.0267. The van der Waals surface area contributed by atoms with Gasteiger partial charge in [-0.25, -0.2) is 0 Å². The van der Waals surface area contributed by atoms with Gasteiger partial charge in [-0.1, -0.05) is 0 Å². The molecule has 1 aliphatic rings. The van der Waals surface area contributed by atoms with Crippen LogP contribution < -0.4 is 0 Å². The minimum Gasteiger partial charge on any atom is -0.396 e. The van der Waals surface area contributed by atoms with E-state index in [4.69, 9.17) is 15.3 Å². The molecule has 0 heterocycles. The summed E-state index contributed by atoms with van der Waals surface area (Å²) in [6.07, 6.45) is 1.67. The van der Waals surface area contributed by atoms with E-state index >= 15 is 0 Å². The molecule has 3 N–H and O–H groups in total. The number of rotatable bonds is 2. The summed E-state index contributed by atoms with van der Waals surface area (Å²) in [7, 11) is 0. The Morgan fingerprint density at radius 2 is 1.90 bits per heavy atom. The van der Waals surface area contributed by atoms with Crippen LogP contribution in [0.15, 0.2) is 0 Å². The van der Waals surface area contributed by atoms with Crippen molar-refractivity contribution in [3.05, 3.63) is 0 Å². The van der Waals surface area contributed by atoms with Gasteiger partial charge in [-0.2, -0.15) is 0 Å². The minimum absolute atomic E-state index is 0.0133. The summed E-state index contributed by atoms with van der Waals surface area (Å²) in [5.41, 5.74) is -0.389. The van der Waals surface area contributed by atoms with Crippen LogP contribution in [-0.2, 0) is 0 Å². The van der Waals surface area contributed by atoms with Crippen LogP contribution in [0.25, 0.3) is 0 Å². The fraction of sp³-hybridized carbons (Fsp3) is 1.00. The first-order chi connectivity index (χ1) is 4.72. The third-order valence-corrected chi connectivity index (χ3v) is 2.35. The molecule has 0 aromatic carbocycles. The van der Waals surface area contributed by atoms with Gasteiger partial charge in [0.25, 0.3) is 0 Å². The molecule has 1 fully saturated rings. The van der Waals surface area contributed by atoms with E-state index in [1.165, 1.54) is 0 Å². The van der Waals surface area contributed by atoms with Gasteiger partial charge in [0.05, 0.1) is 19.3 Å². The van der Waals surface area contributed by atoms with Crippen molar-refractivity contribution in [1.29, 1.82) is 0 Å². The Kier molecular flexibility index (Phi) is 2.28. The number of hydrogen-bond donors (Lipinski definition) is 3. The molecule has 3 heteroatoms. The quantitative estimate of drug-likeness (QED) is 0.492. The lowest BCUT2D eigenvalue weighted by Gasteiger charge is -2.22. The van der Waals surface area contributed by atoms with Gasteiger partial charge in [-0.15, -0.1) is 0 Å². The summed E-state index contributed by atoms with van der Waals surface area (Å²) in [5.74, 6) is 0. The zero-order chi connectivity index (χ0) is 7.61. The molecular formula is C7H14O3. The van der Waals surface area contributed by atoms with Crippen LogP contribution in [0.2, 0.25) is 0 Å². The van der Waals surface area contributed by atoms with E-state index in [2.05, 4.69) is 0 Å². The fourth-order valence-electron chi connectivity index (χ4n) is 1.51. The maximum absolute atomic E-state index is 9.10. The van der Waals surface area contributed by atoms with Crippen LogP contribution in [-0.4, -0.2) is 34.6 Å². The van der Waals surface area contributed by atoms with Gasteiger partial charge >= 0.3 is 0 Å². The van der Waals surface area contributed by atoms with Crippen molar-refractivity contribution in [2.24, 2.45) is 5.41 Å². The van der Waals surface area contributed by atoms with Gasteiger partial charge in [0.1, 0.15) is 0 Å². The second kappa shape index (κ2) is 2.86. The number of hydrogen-bond acceptors (Lipinski definition) is 3. The predicted molar refractivity (Wildman–Crippen MR) is 36.5 cm³/mol. The monoisotopic (exact) mass is 146 g/mol. The summed E-state index contributed by atoms with van der Waals surface area (Å²) < 4.78 is 0. The number of aliphatic hydroxyl groups is 3. The third kappa shape index (κ3) is 1.31. The van der Waals surface area contributed by atoms with Crippen LogP contribution in [0.3, 0.4) is 0 Å². The van der Waals surface area contributed by atoms with E-state index in [-0.39, 0.29) is 24.7 Å². The molecule has 1 saturated carbocycles. The van der Waals surface area contributed by atoms with Gasteiger partial charge in [-0.05, 0) is 19.3 Å². The standard InChI is InChI=1S/C7H14O3/c8-4-7(5-9)2-1-6(10)3-7/h6,8-10H,1-5H2. The maximum atomic E-state index is 9.10. The lowest BCUT2D eigenvalue weighted by molar-refractivity contribution is 0.0466.